The summed E-state index contributed by atoms with van der Waals surface area (Å²) in [5.74, 6) is 1.17. The van der Waals surface area contributed by atoms with Crippen molar-refractivity contribution < 1.29 is 9.53 Å². The molecule has 1 aromatic carbocycles. The van der Waals surface area contributed by atoms with Gasteiger partial charge in [-0.05, 0) is 31.9 Å². The van der Waals surface area contributed by atoms with E-state index >= 15 is 0 Å². The van der Waals surface area contributed by atoms with E-state index in [9.17, 15) is 4.79 Å². The van der Waals surface area contributed by atoms with E-state index in [4.69, 9.17) is 16.3 Å². The van der Waals surface area contributed by atoms with E-state index in [1.807, 2.05) is 13.0 Å². The van der Waals surface area contributed by atoms with Gasteiger partial charge in [0.2, 0.25) is 0 Å². The molecular formula is C15H18ClN5O2. The number of halogens is 1. The predicted octanol–water partition coefficient (Wildman–Crippen LogP) is 2.81. The van der Waals surface area contributed by atoms with E-state index in [1.165, 1.54) is 0 Å². The third kappa shape index (κ3) is 3.39. The fraction of sp³-hybridized carbons (Fsp3) is 0.400. The van der Waals surface area contributed by atoms with Gasteiger partial charge < -0.3 is 10.1 Å². The molecule has 2 N–H and O–H groups in total. The summed E-state index contributed by atoms with van der Waals surface area (Å²) in [6.45, 7) is 2.45. The number of fused-ring (bicyclic) bond motifs is 1. The average molecular weight is 336 g/mol. The second-order valence-electron chi connectivity index (χ2n) is 5.47. The lowest BCUT2D eigenvalue weighted by molar-refractivity contribution is 0.247. The van der Waals surface area contributed by atoms with Crippen LogP contribution in [0.5, 0.6) is 5.75 Å². The van der Waals surface area contributed by atoms with Crippen LogP contribution in [0.1, 0.15) is 30.1 Å². The molecule has 2 aromatic rings. The van der Waals surface area contributed by atoms with Crippen molar-refractivity contribution in [2.24, 2.45) is 7.05 Å². The Morgan fingerprint density at radius 2 is 2.30 bits per heavy atom. The zero-order valence-corrected chi connectivity index (χ0v) is 13.7. The molecule has 3 rings (SSSR count). The Kier molecular flexibility index (Phi) is 4.38. The molecule has 0 fully saturated rings. The van der Waals surface area contributed by atoms with Crippen molar-refractivity contribution in [3.05, 3.63) is 34.5 Å². The highest BCUT2D eigenvalue weighted by Gasteiger charge is 2.22. The molecule has 1 atom stereocenters. The quantitative estimate of drug-likeness (QED) is 0.884. The summed E-state index contributed by atoms with van der Waals surface area (Å²) in [6, 6.07) is 5.01. The third-order valence-corrected chi connectivity index (χ3v) is 4.13. The Balaban J connectivity index is 1.74. The minimum absolute atomic E-state index is 0.137. The van der Waals surface area contributed by atoms with E-state index in [1.54, 1.807) is 23.9 Å². The number of hydrogen-bond acceptors (Lipinski definition) is 4. The zero-order valence-electron chi connectivity index (χ0n) is 13.0. The summed E-state index contributed by atoms with van der Waals surface area (Å²) < 4.78 is 7.30. The van der Waals surface area contributed by atoms with Gasteiger partial charge in [-0.25, -0.2) is 4.79 Å². The molecule has 0 saturated carbocycles. The SMILES string of the molecule is Cc1c(NC(=O)NC2CCCOc3cc(Cl)ccc32)nnn1C. The van der Waals surface area contributed by atoms with Crippen LogP contribution in [0.15, 0.2) is 18.2 Å². The maximum Gasteiger partial charge on any atom is 0.320 e. The van der Waals surface area contributed by atoms with Gasteiger partial charge >= 0.3 is 6.03 Å². The lowest BCUT2D eigenvalue weighted by Crippen LogP contribution is -2.32. The molecule has 2 heterocycles. The van der Waals surface area contributed by atoms with Crippen molar-refractivity contribution in [2.45, 2.75) is 25.8 Å². The molecule has 1 unspecified atom stereocenters. The van der Waals surface area contributed by atoms with Crippen LogP contribution < -0.4 is 15.4 Å². The van der Waals surface area contributed by atoms with E-state index in [-0.39, 0.29) is 12.1 Å². The summed E-state index contributed by atoms with van der Waals surface area (Å²) in [5, 5.41) is 14.1. The number of urea groups is 1. The highest BCUT2D eigenvalue weighted by Crippen LogP contribution is 2.33. The number of carbonyl (C=O) groups is 1. The number of hydrogen-bond donors (Lipinski definition) is 2. The standard InChI is InChI=1S/C15H18ClN5O2/c1-9-14(19-20-21(9)2)18-15(22)17-12-4-3-7-23-13-8-10(16)5-6-11(12)13/h5-6,8,12H,3-4,7H2,1-2H3,(H2,17,18,22). The summed E-state index contributed by atoms with van der Waals surface area (Å²) in [6.07, 6.45) is 1.64. The first-order valence-electron chi connectivity index (χ1n) is 7.40. The number of nitrogens with zero attached hydrogens (tertiary/aromatic N) is 3. The summed E-state index contributed by atoms with van der Waals surface area (Å²) >= 11 is 6.01. The van der Waals surface area contributed by atoms with Gasteiger partial charge in [-0.15, -0.1) is 5.10 Å². The molecule has 0 aliphatic carbocycles. The number of amides is 2. The molecule has 0 saturated heterocycles. The molecule has 2 amide bonds. The molecule has 23 heavy (non-hydrogen) atoms. The number of carbonyl (C=O) groups excluding carboxylic acids is 1. The smallest absolute Gasteiger partial charge is 0.320 e. The van der Waals surface area contributed by atoms with Crippen LogP contribution in [0.4, 0.5) is 10.6 Å². The molecule has 0 bridgehead atoms. The summed E-state index contributed by atoms with van der Waals surface area (Å²) in [4.78, 5) is 12.3. The van der Waals surface area contributed by atoms with E-state index in [0.29, 0.717) is 17.4 Å². The van der Waals surface area contributed by atoms with Crippen LogP contribution in [0.25, 0.3) is 0 Å². The van der Waals surface area contributed by atoms with Gasteiger partial charge in [0.1, 0.15) is 5.75 Å². The first kappa shape index (κ1) is 15.6. The Bertz CT molecular complexity index is 731. The highest BCUT2D eigenvalue weighted by atomic mass is 35.5. The molecule has 1 aromatic heterocycles. The second-order valence-corrected chi connectivity index (χ2v) is 5.91. The minimum atomic E-state index is -0.318. The lowest BCUT2D eigenvalue weighted by Gasteiger charge is -2.18. The second kappa shape index (κ2) is 6.45. The number of nitrogens with one attached hydrogen (secondary N) is 2. The van der Waals surface area contributed by atoms with Crippen molar-refractivity contribution in [3.8, 4) is 5.75 Å². The Hall–Kier alpha value is -2.28. The van der Waals surface area contributed by atoms with Crippen LogP contribution in [0.3, 0.4) is 0 Å². The van der Waals surface area contributed by atoms with Gasteiger partial charge in [-0.3, -0.25) is 10.00 Å². The van der Waals surface area contributed by atoms with Crippen molar-refractivity contribution in [2.75, 3.05) is 11.9 Å². The van der Waals surface area contributed by atoms with E-state index in [0.717, 1.165) is 29.8 Å². The van der Waals surface area contributed by atoms with E-state index in [2.05, 4.69) is 20.9 Å². The zero-order chi connectivity index (χ0) is 16.4. The molecule has 8 heteroatoms. The van der Waals surface area contributed by atoms with Crippen LogP contribution in [-0.2, 0) is 7.05 Å². The Morgan fingerprint density at radius 3 is 3.04 bits per heavy atom. The van der Waals surface area contributed by atoms with Gasteiger partial charge in [0.05, 0.1) is 18.3 Å². The molecule has 0 spiro atoms. The van der Waals surface area contributed by atoms with Gasteiger partial charge in [0.25, 0.3) is 0 Å². The number of aromatic nitrogens is 3. The normalized spacial score (nSPS) is 16.9. The first-order chi connectivity index (χ1) is 11.0. The summed E-state index contributed by atoms with van der Waals surface area (Å²) in [7, 11) is 1.77. The lowest BCUT2D eigenvalue weighted by atomic mass is 10.0. The van der Waals surface area contributed by atoms with Crippen molar-refractivity contribution in [1.29, 1.82) is 0 Å². The van der Waals surface area contributed by atoms with Crippen molar-refractivity contribution in [1.82, 2.24) is 20.3 Å². The van der Waals surface area contributed by atoms with Crippen LogP contribution in [0, 0.1) is 6.92 Å². The molecule has 7 nitrogen and oxygen atoms in total. The number of aryl methyl sites for hydroxylation is 1. The maximum absolute atomic E-state index is 12.3. The highest BCUT2D eigenvalue weighted by molar-refractivity contribution is 6.30. The predicted molar refractivity (Wildman–Crippen MR) is 86.8 cm³/mol. The number of rotatable bonds is 2. The fourth-order valence-electron chi connectivity index (χ4n) is 2.52. The van der Waals surface area contributed by atoms with Gasteiger partial charge in [-0.1, -0.05) is 22.9 Å². The monoisotopic (exact) mass is 335 g/mol. The van der Waals surface area contributed by atoms with Crippen LogP contribution >= 0.6 is 11.6 Å². The maximum atomic E-state index is 12.3. The molecular weight excluding hydrogens is 318 g/mol. The molecule has 122 valence electrons. The molecule has 1 aliphatic rings. The van der Waals surface area contributed by atoms with Crippen LogP contribution in [0.2, 0.25) is 5.02 Å². The molecule has 1 aliphatic heterocycles. The first-order valence-corrected chi connectivity index (χ1v) is 7.78. The summed E-state index contributed by atoms with van der Waals surface area (Å²) in [5.41, 5.74) is 1.72. The fourth-order valence-corrected chi connectivity index (χ4v) is 2.68. The topological polar surface area (TPSA) is 81.1 Å². The minimum Gasteiger partial charge on any atom is -0.493 e. The van der Waals surface area contributed by atoms with Crippen LogP contribution in [-0.4, -0.2) is 27.6 Å². The van der Waals surface area contributed by atoms with Crippen molar-refractivity contribution >= 4 is 23.4 Å². The Morgan fingerprint density at radius 1 is 1.48 bits per heavy atom. The number of ether oxygens (including phenoxy) is 1. The van der Waals surface area contributed by atoms with Gasteiger partial charge in [0.15, 0.2) is 5.82 Å². The average Bonchev–Trinajstić information content (AvgIpc) is 2.73. The van der Waals surface area contributed by atoms with Gasteiger partial charge in [-0.2, -0.15) is 0 Å². The molecule has 0 radical (unpaired) electrons. The Labute approximate surface area is 139 Å². The number of anilines is 1. The third-order valence-electron chi connectivity index (χ3n) is 3.89. The van der Waals surface area contributed by atoms with Crippen molar-refractivity contribution in [3.63, 3.8) is 0 Å². The number of benzene rings is 1. The largest absolute Gasteiger partial charge is 0.493 e. The van der Waals surface area contributed by atoms with Gasteiger partial charge in [0, 0.05) is 17.6 Å². The van der Waals surface area contributed by atoms with E-state index < -0.39 is 0 Å².